The SMILES string of the molecule is CCC(CC(C)C)C1CC(NC)CN1. The zero-order valence-electron chi connectivity index (χ0n) is 10.1. The van der Waals surface area contributed by atoms with Crippen LogP contribution in [0.3, 0.4) is 0 Å². The van der Waals surface area contributed by atoms with E-state index in [0.717, 1.165) is 24.4 Å². The molecule has 0 aromatic heterocycles. The summed E-state index contributed by atoms with van der Waals surface area (Å²) in [5.74, 6) is 1.70. The maximum atomic E-state index is 3.65. The third kappa shape index (κ3) is 3.25. The van der Waals surface area contributed by atoms with Gasteiger partial charge in [-0.1, -0.05) is 27.2 Å². The number of rotatable bonds is 5. The highest BCUT2D eigenvalue weighted by atomic mass is 15.0. The van der Waals surface area contributed by atoms with Crippen molar-refractivity contribution in [2.24, 2.45) is 11.8 Å². The summed E-state index contributed by atoms with van der Waals surface area (Å²) in [7, 11) is 2.07. The van der Waals surface area contributed by atoms with Gasteiger partial charge in [0.2, 0.25) is 0 Å². The van der Waals surface area contributed by atoms with Crippen molar-refractivity contribution in [2.45, 2.75) is 52.1 Å². The fraction of sp³-hybridized carbons (Fsp3) is 1.00. The molecule has 1 saturated heterocycles. The lowest BCUT2D eigenvalue weighted by atomic mass is 9.87. The monoisotopic (exact) mass is 198 g/mol. The van der Waals surface area contributed by atoms with Gasteiger partial charge in [0, 0.05) is 18.6 Å². The first-order valence-corrected chi connectivity index (χ1v) is 6.08. The van der Waals surface area contributed by atoms with Gasteiger partial charge in [-0.3, -0.25) is 0 Å². The van der Waals surface area contributed by atoms with Gasteiger partial charge >= 0.3 is 0 Å². The van der Waals surface area contributed by atoms with E-state index in [1.165, 1.54) is 19.3 Å². The summed E-state index contributed by atoms with van der Waals surface area (Å²) in [6.07, 6.45) is 3.98. The third-order valence-electron chi connectivity index (χ3n) is 3.44. The highest BCUT2D eigenvalue weighted by Gasteiger charge is 2.28. The van der Waals surface area contributed by atoms with Crippen LogP contribution < -0.4 is 10.6 Å². The summed E-state index contributed by atoms with van der Waals surface area (Å²) in [5, 5.41) is 7.02. The predicted molar refractivity (Wildman–Crippen MR) is 62.5 cm³/mol. The largest absolute Gasteiger partial charge is 0.316 e. The van der Waals surface area contributed by atoms with Gasteiger partial charge in [0.1, 0.15) is 0 Å². The van der Waals surface area contributed by atoms with Crippen LogP contribution in [0.1, 0.15) is 40.0 Å². The molecule has 0 amide bonds. The molecule has 1 heterocycles. The first-order chi connectivity index (χ1) is 6.67. The molecule has 1 fully saturated rings. The molecule has 14 heavy (non-hydrogen) atoms. The van der Waals surface area contributed by atoms with Crippen LogP contribution in [0.5, 0.6) is 0 Å². The zero-order chi connectivity index (χ0) is 10.6. The van der Waals surface area contributed by atoms with Gasteiger partial charge in [-0.05, 0) is 31.7 Å². The molecule has 0 aliphatic carbocycles. The molecular weight excluding hydrogens is 172 g/mol. The Labute approximate surface area is 88.8 Å². The Morgan fingerprint density at radius 1 is 1.43 bits per heavy atom. The normalized spacial score (nSPS) is 29.8. The third-order valence-corrected chi connectivity index (χ3v) is 3.44. The van der Waals surface area contributed by atoms with E-state index in [1.54, 1.807) is 0 Å². The first kappa shape index (κ1) is 12.0. The first-order valence-electron chi connectivity index (χ1n) is 6.08. The summed E-state index contributed by atoms with van der Waals surface area (Å²) in [6.45, 7) is 8.12. The Bertz CT molecular complexity index is 156. The summed E-state index contributed by atoms with van der Waals surface area (Å²) in [6, 6.07) is 1.45. The Kier molecular flexibility index (Phi) is 4.90. The van der Waals surface area contributed by atoms with Crippen LogP contribution in [-0.2, 0) is 0 Å². The van der Waals surface area contributed by atoms with Crippen molar-refractivity contribution in [1.29, 1.82) is 0 Å². The second kappa shape index (κ2) is 5.72. The van der Waals surface area contributed by atoms with Crippen molar-refractivity contribution in [3.05, 3.63) is 0 Å². The highest BCUT2D eigenvalue weighted by Crippen LogP contribution is 2.24. The fourth-order valence-electron chi connectivity index (χ4n) is 2.57. The van der Waals surface area contributed by atoms with Crippen molar-refractivity contribution in [3.8, 4) is 0 Å². The lowest BCUT2D eigenvalue weighted by Crippen LogP contribution is -2.30. The minimum absolute atomic E-state index is 0.696. The van der Waals surface area contributed by atoms with Crippen molar-refractivity contribution < 1.29 is 0 Å². The molecule has 0 bridgehead atoms. The maximum absolute atomic E-state index is 3.65. The molecule has 2 heteroatoms. The minimum atomic E-state index is 0.696. The molecule has 1 aliphatic heterocycles. The van der Waals surface area contributed by atoms with Gasteiger partial charge in [-0.2, -0.15) is 0 Å². The van der Waals surface area contributed by atoms with Gasteiger partial charge in [-0.15, -0.1) is 0 Å². The van der Waals surface area contributed by atoms with Gasteiger partial charge in [0.15, 0.2) is 0 Å². The minimum Gasteiger partial charge on any atom is -0.316 e. The molecule has 3 atom stereocenters. The summed E-state index contributed by atoms with van der Waals surface area (Å²) >= 11 is 0. The van der Waals surface area contributed by atoms with Crippen LogP contribution in [-0.4, -0.2) is 25.7 Å². The van der Waals surface area contributed by atoms with Crippen LogP contribution in [0.15, 0.2) is 0 Å². The topological polar surface area (TPSA) is 24.1 Å². The van der Waals surface area contributed by atoms with Crippen LogP contribution in [0.4, 0.5) is 0 Å². The van der Waals surface area contributed by atoms with E-state index in [4.69, 9.17) is 0 Å². The number of nitrogens with one attached hydrogen (secondary N) is 2. The molecular formula is C12H26N2. The molecule has 2 nitrogen and oxygen atoms in total. The standard InChI is InChI=1S/C12H26N2/c1-5-10(6-9(2)3)12-7-11(13-4)8-14-12/h9-14H,5-8H2,1-4H3. The van der Waals surface area contributed by atoms with Gasteiger partial charge < -0.3 is 10.6 Å². The lowest BCUT2D eigenvalue weighted by molar-refractivity contribution is 0.313. The fourth-order valence-corrected chi connectivity index (χ4v) is 2.57. The van der Waals surface area contributed by atoms with E-state index in [-0.39, 0.29) is 0 Å². The van der Waals surface area contributed by atoms with E-state index in [0.29, 0.717) is 6.04 Å². The van der Waals surface area contributed by atoms with Gasteiger partial charge in [0.25, 0.3) is 0 Å². The maximum Gasteiger partial charge on any atom is 0.0204 e. The molecule has 84 valence electrons. The smallest absolute Gasteiger partial charge is 0.0204 e. The Balaban J connectivity index is 2.38. The summed E-state index contributed by atoms with van der Waals surface area (Å²) in [4.78, 5) is 0. The number of hydrogen-bond donors (Lipinski definition) is 2. The lowest BCUT2D eigenvalue weighted by Gasteiger charge is -2.24. The average molecular weight is 198 g/mol. The van der Waals surface area contributed by atoms with Gasteiger partial charge in [-0.25, -0.2) is 0 Å². The molecule has 0 saturated carbocycles. The zero-order valence-corrected chi connectivity index (χ0v) is 10.1. The Hall–Kier alpha value is -0.0800. The van der Waals surface area contributed by atoms with Crippen molar-refractivity contribution in [1.82, 2.24) is 10.6 Å². The Morgan fingerprint density at radius 3 is 2.57 bits per heavy atom. The molecule has 0 radical (unpaired) electrons. The second-order valence-electron chi connectivity index (χ2n) is 5.03. The molecule has 3 unspecified atom stereocenters. The summed E-state index contributed by atoms with van der Waals surface area (Å²) < 4.78 is 0. The highest BCUT2D eigenvalue weighted by molar-refractivity contribution is 4.89. The van der Waals surface area contributed by atoms with Crippen LogP contribution in [0.2, 0.25) is 0 Å². The molecule has 2 N–H and O–H groups in total. The molecule has 0 aromatic carbocycles. The van der Waals surface area contributed by atoms with E-state index in [2.05, 4.69) is 38.5 Å². The molecule has 1 rings (SSSR count). The van der Waals surface area contributed by atoms with Crippen molar-refractivity contribution in [2.75, 3.05) is 13.6 Å². The van der Waals surface area contributed by atoms with Crippen LogP contribution >= 0.6 is 0 Å². The molecule has 0 spiro atoms. The molecule has 1 aliphatic rings. The Morgan fingerprint density at radius 2 is 2.14 bits per heavy atom. The number of hydrogen-bond acceptors (Lipinski definition) is 2. The summed E-state index contributed by atoms with van der Waals surface area (Å²) in [5.41, 5.74) is 0. The average Bonchev–Trinajstić information content (AvgIpc) is 2.62. The van der Waals surface area contributed by atoms with E-state index in [9.17, 15) is 0 Å². The van der Waals surface area contributed by atoms with Crippen molar-refractivity contribution >= 4 is 0 Å². The quantitative estimate of drug-likeness (QED) is 0.706. The number of likely N-dealkylation sites (N-methyl/N-ethyl adjacent to an activating group) is 1. The van der Waals surface area contributed by atoms with Gasteiger partial charge in [0.05, 0.1) is 0 Å². The van der Waals surface area contributed by atoms with Crippen molar-refractivity contribution in [3.63, 3.8) is 0 Å². The van der Waals surface area contributed by atoms with E-state index < -0.39 is 0 Å². The van der Waals surface area contributed by atoms with Crippen LogP contribution in [0.25, 0.3) is 0 Å². The molecule has 0 aromatic rings. The van der Waals surface area contributed by atoms with E-state index in [1.807, 2.05) is 0 Å². The second-order valence-corrected chi connectivity index (χ2v) is 5.03. The van der Waals surface area contributed by atoms with Crippen LogP contribution in [0, 0.1) is 11.8 Å². The predicted octanol–water partition coefficient (Wildman–Crippen LogP) is 2.01. The van der Waals surface area contributed by atoms with E-state index >= 15 is 0 Å².